The van der Waals surface area contributed by atoms with Crippen molar-refractivity contribution in [1.82, 2.24) is 35.0 Å². The summed E-state index contributed by atoms with van der Waals surface area (Å²) in [6.45, 7) is -0.346. The number of amides is 1. The maximum Gasteiger partial charge on any atom is 0.280 e. The van der Waals surface area contributed by atoms with Gasteiger partial charge in [-0.1, -0.05) is 12.1 Å². The topological polar surface area (TPSA) is 124 Å². The van der Waals surface area contributed by atoms with Crippen molar-refractivity contribution in [3.8, 4) is 22.6 Å². The molecule has 9 nitrogen and oxygen atoms in total. The van der Waals surface area contributed by atoms with Crippen molar-refractivity contribution in [3.05, 3.63) is 83.6 Å². The first kappa shape index (κ1) is 25.7. The van der Waals surface area contributed by atoms with Gasteiger partial charge in [0.05, 0.1) is 11.2 Å². The molecule has 1 amide bonds. The van der Waals surface area contributed by atoms with E-state index in [0.717, 1.165) is 23.0 Å². The van der Waals surface area contributed by atoms with E-state index in [1.807, 2.05) is 12.1 Å². The van der Waals surface area contributed by atoms with Crippen LogP contribution in [0.3, 0.4) is 0 Å². The van der Waals surface area contributed by atoms with Crippen molar-refractivity contribution in [2.75, 3.05) is 5.73 Å². The number of alkyl halides is 4. The van der Waals surface area contributed by atoms with Crippen LogP contribution in [0.5, 0.6) is 0 Å². The van der Waals surface area contributed by atoms with Crippen LogP contribution in [0.4, 0.5) is 23.4 Å². The normalized spacial score (nSPS) is 11.5. The van der Waals surface area contributed by atoms with Gasteiger partial charge in [-0.2, -0.15) is 5.10 Å². The van der Waals surface area contributed by atoms with Crippen LogP contribution in [-0.4, -0.2) is 35.6 Å². The van der Waals surface area contributed by atoms with Crippen LogP contribution in [0.15, 0.2) is 60.9 Å². The SMILES string of the molecule is Cn1ccc(-c2nc(N)c(C(=O)NCc3cc(C(F)F)nc(C(F)F)c3)nc2-c2ccc3ncccc3c2)n1. The fourth-order valence-electron chi connectivity index (χ4n) is 3.99. The van der Waals surface area contributed by atoms with Gasteiger partial charge in [0.1, 0.15) is 22.8 Å². The Labute approximate surface area is 218 Å². The molecular formula is C26H20F4N8O. The van der Waals surface area contributed by atoms with Gasteiger partial charge >= 0.3 is 0 Å². The molecule has 4 heterocycles. The van der Waals surface area contributed by atoms with E-state index in [0.29, 0.717) is 22.6 Å². The lowest BCUT2D eigenvalue weighted by molar-refractivity contribution is 0.0946. The monoisotopic (exact) mass is 536 g/mol. The van der Waals surface area contributed by atoms with E-state index in [-0.39, 0.29) is 23.6 Å². The van der Waals surface area contributed by atoms with Gasteiger partial charge in [0.15, 0.2) is 11.5 Å². The predicted octanol–water partition coefficient (Wildman–Crippen LogP) is 4.87. The summed E-state index contributed by atoms with van der Waals surface area (Å²) in [4.78, 5) is 29.6. The predicted molar refractivity (Wildman–Crippen MR) is 135 cm³/mol. The summed E-state index contributed by atoms with van der Waals surface area (Å²) in [6.07, 6.45) is -2.72. The van der Waals surface area contributed by atoms with Gasteiger partial charge in [-0.05, 0) is 42.0 Å². The van der Waals surface area contributed by atoms with Crippen molar-refractivity contribution in [1.29, 1.82) is 0 Å². The average molecular weight is 536 g/mol. The first-order valence-corrected chi connectivity index (χ1v) is 11.6. The Kier molecular flexibility index (Phi) is 6.88. The number of rotatable bonds is 7. The Morgan fingerprint density at radius 3 is 2.38 bits per heavy atom. The van der Waals surface area contributed by atoms with Crippen LogP contribution >= 0.6 is 0 Å². The van der Waals surface area contributed by atoms with Crippen molar-refractivity contribution in [2.45, 2.75) is 19.4 Å². The fraction of sp³-hybridized carbons (Fsp3) is 0.154. The zero-order valence-electron chi connectivity index (χ0n) is 20.3. The van der Waals surface area contributed by atoms with E-state index in [9.17, 15) is 22.4 Å². The number of benzene rings is 1. The van der Waals surface area contributed by atoms with Crippen molar-refractivity contribution < 1.29 is 22.4 Å². The van der Waals surface area contributed by atoms with Gasteiger partial charge in [-0.3, -0.25) is 14.5 Å². The van der Waals surface area contributed by atoms with Gasteiger partial charge in [0.25, 0.3) is 18.8 Å². The summed E-state index contributed by atoms with van der Waals surface area (Å²) < 4.78 is 54.2. The van der Waals surface area contributed by atoms with Crippen molar-refractivity contribution in [3.63, 3.8) is 0 Å². The molecule has 0 aliphatic carbocycles. The van der Waals surface area contributed by atoms with Gasteiger partial charge in [-0.15, -0.1) is 0 Å². The van der Waals surface area contributed by atoms with Gasteiger partial charge in [0, 0.05) is 36.9 Å². The molecule has 13 heteroatoms. The van der Waals surface area contributed by atoms with Gasteiger partial charge in [0.2, 0.25) is 0 Å². The number of hydrogen-bond acceptors (Lipinski definition) is 7. The second-order valence-electron chi connectivity index (χ2n) is 8.55. The molecule has 5 rings (SSSR count). The number of nitrogens with zero attached hydrogens (tertiary/aromatic N) is 6. The highest BCUT2D eigenvalue weighted by Gasteiger charge is 2.22. The van der Waals surface area contributed by atoms with E-state index >= 15 is 0 Å². The van der Waals surface area contributed by atoms with Crippen molar-refractivity contribution in [2.24, 2.45) is 7.05 Å². The number of carbonyl (C=O) groups is 1. The molecule has 0 spiro atoms. The number of hydrogen-bond donors (Lipinski definition) is 2. The fourth-order valence-corrected chi connectivity index (χ4v) is 3.99. The van der Waals surface area contributed by atoms with Crippen LogP contribution in [0.25, 0.3) is 33.5 Å². The van der Waals surface area contributed by atoms with Crippen LogP contribution in [0.1, 0.15) is 40.3 Å². The molecule has 0 saturated heterocycles. The maximum absolute atomic E-state index is 13.1. The lowest BCUT2D eigenvalue weighted by atomic mass is 10.0. The Hall–Kier alpha value is -4.94. The average Bonchev–Trinajstić information content (AvgIpc) is 3.37. The molecule has 0 radical (unpaired) electrons. The lowest BCUT2D eigenvalue weighted by Crippen LogP contribution is -2.26. The molecule has 0 atom stereocenters. The molecule has 39 heavy (non-hydrogen) atoms. The molecule has 0 saturated carbocycles. The maximum atomic E-state index is 13.1. The van der Waals surface area contributed by atoms with E-state index in [4.69, 9.17) is 5.73 Å². The number of pyridine rings is 2. The minimum atomic E-state index is -3.06. The third-order valence-corrected chi connectivity index (χ3v) is 5.80. The number of nitrogens with two attached hydrogens (primary N) is 1. The second kappa shape index (κ2) is 10.4. The number of carbonyl (C=O) groups excluding carboxylic acids is 1. The highest BCUT2D eigenvalue weighted by molar-refractivity contribution is 5.98. The zero-order valence-corrected chi connectivity index (χ0v) is 20.3. The molecule has 0 aliphatic rings. The van der Waals surface area contributed by atoms with Crippen molar-refractivity contribution >= 4 is 22.6 Å². The minimum absolute atomic E-state index is 0.0165. The van der Waals surface area contributed by atoms with Crippen LogP contribution < -0.4 is 11.1 Å². The number of anilines is 1. The summed E-state index contributed by atoms with van der Waals surface area (Å²) in [7, 11) is 1.74. The molecule has 0 bridgehead atoms. The van der Waals surface area contributed by atoms with Crippen LogP contribution in [-0.2, 0) is 13.6 Å². The Morgan fingerprint density at radius 2 is 1.72 bits per heavy atom. The summed E-state index contributed by atoms with van der Waals surface area (Å²) in [5.74, 6) is -0.971. The number of fused-ring (bicyclic) bond motifs is 1. The second-order valence-corrected chi connectivity index (χ2v) is 8.55. The summed E-state index contributed by atoms with van der Waals surface area (Å²) >= 11 is 0. The van der Waals surface area contributed by atoms with E-state index < -0.39 is 30.1 Å². The standard InChI is InChI=1S/C26H20F4N8O/c1-38-8-6-17(37-38)21-20(15-4-5-16-14(11-15)3-2-7-32-16)35-22(25(31)36-21)26(39)33-12-13-9-18(23(27)28)34-19(10-13)24(29)30/h2-11,23-24H,12H2,1H3,(H2,31,36)(H,33,39). The minimum Gasteiger partial charge on any atom is -0.382 e. The number of nitrogen functional groups attached to an aromatic ring is 1. The molecule has 0 aliphatic heterocycles. The quantitative estimate of drug-likeness (QED) is 0.284. The summed E-state index contributed by atoms with van der Waals surface area (Å²) in [6, 6.07) is 12.7. The third kappa shape index (κ3) is 5.37. The third-order valence-electron chi connectivity index (χ3n) is 5.80. The molecule has 5 aromatic rings. The molecule has 0 fully saturated rings. The van der Waals surface area contributed by atoms with Crippen LogP contribution in [0.2, 0.25) is 0 Å². The Balaban J connectivity index is 1.52. The number of nitrogens with one attached hydrogen (secondary N) is 1. The lowest BCUT2D eigenvalue weighted by Gasteiger charge is -2.13. The molecular weight excluding hydrogens is 516 g/mol. The highest BCUT2D eigenvalue weighted by Crippen LogP contribution is 2.31. The van der Waals surface area contributed by atoms with E-state index in [2.05, 4.69) is 30.4 Å². The largest absolute Gasteiger partial charge is 0.382 e. The molecule has 0 unspecified atom stereocenters. The first-order chi connectivity index (χ1) is 18.7. The van der Waals surface area contributed by atoms with E-state index in [1.54, 1.807) is 48.4 Å². The van der Waals surface area contributed by atoms with Gasteiger partial charge in [-0.25, -0.2) is 32.5 Å². The first-order valence-electron chi connectivity index (χ1n) is 11.6. The summed E-state index contributed by atoms with van der Waals surface area (Å²) in [5.41, 5.74) is 6.78. The molecule has 4 aromatic heterocycles. The van der Waals surface area contributed by atoms with E-state index in [1.165, 1.54) is 0 Å². The number of halogens is 4. The Bertz CT molecular complexity index is 1660. The zero-order chi connectivity index (χ0) is 27.7. The number of aryl methyl sites for hydroxylation is 1. The number of aromatic nitrogens is 6. The molecule has 3 N–H and O–H groups in total. The van der Waals surface area contributed by atoms with Gasteiger partial charge < -0.3 is 11.1 Å². The summed E-state index contributed by atoms with van der Waals surface area (Å²) in [5, 5.41) is 7.70. The molecule has 198 valence electrons. The Morgan fingerprint density at radius 1 is 0.974 bits per heavy atom. The van der Waals surface area contributed by atoms with Crippen LogP contribution in [0, 0.1) is 0 Å². The smallest absolute Gasteiger partial charge is 0.280 e. The highest BCUT2D eigenvalue weighted by atomic mass is 19.3. The molecule has 1 aromatic carbocycles.